The number of fused-ring (bicyclic) bond motifs is 2. The van der Waals surface area contributed by atoms with Gasteiger partial charge in [-0.2, -0.15) is 0 Å². The van der Waals surface area contributed by atoms with Gasteiger partial charge in [-0.3, -0.25) is 9.36 Å². The predicted octanol–water partition coefficient (Wildman–Crippen LogP) is 6.07. The molecule has 2 aromatic heterocycles. The molecule has 0 aliphatic carbocycles. The fraction of sp³-hybridized carbons (Fsp3) is 0.206. The molecule has 9 heteroatoms. The molecule has 1 N–H and O–H groups in total. The highest BCUT2D eigenvalue weighted by Crippen LogP contribution is 2.36. The Labute approximate surface area is 257 Å². The molecule has 5 aromatic rings. The number of rotatable bonds is 7. The minimum absolute atomic E-state index is 0.221. The van der Waals surface area contributed by atoms with Crippen LogP contribution in [0, 0.1) is 0 Å². The number of aromatic nitrogens is 2. The van der Waals surface area contributed by atoms with Crippen molar-refractivity contribution in [3.05, 3.63) is 115 Å². The van der Waals surface area contributed by atoms with Gasteiger partial charge in [-0.25, -0.2) is 9.79 Å². The maximum Gasteiger partial charge on any atom is 0.338 e. The van der Waals surface area contributed by atoms with E-state index in [4.69, 9.17) is 14.5 Å². The zero-order valence-electron chi connectivity index (χ0n) is 24.5. The third-order valence-electron chi connectivity index (χ3n) is 7.41. The van der Waals surface area contributed by atoms with Crippen LogP contribution in [-0.2, 0) is 9.53 Å². The Morgan fingerprint density at radius 2 is 1.81 bits per heavy atom. The smallest absolute Gasteiger partial charge is 0.338 e. The fourth-order valence-electron chi connectivity index (χ4n) is 5.46. The van der Waals surface area contributed by atoms with Gasteiger partial charge in [-0.15, -0.1) is 11.8 Å². The largest absolute Gasteiger partial charge is 0.495 e. The van der Waals surface area contributed by atoms with Crippen LogP contribution in [0.3, 0.4) is 0 Å². The maximum absolute atomic E-state index is 14.3. The average molecular weight is 610 g/mol. The third-order valence-corrected chi connectivity index (χ3v) is 9.14. The van der Waals surface area contributed by atoms with Gasteiger partial charge in [0.05, 0.1) is 46.3 Å². The summed E-state index contributed by atoms with van der Waals surface area (Å²) in [6.45, 7) is 5.42. The number of H-pyrrole nitrogens is 1. The molecule has 0 spiro atoms. The maximum atomic E-state index is 14.3. The van der Waals surface area contributed by atoms with Crippen molar-refractivity contribution in [1.29, 1.82) is 0 Å². The van der Waals surface area contributed by atoms with Crippen molar-refractivity contribution in [3.8, 4) is 17.0 Å². The van der Waals surface area contributed by atoms with Gasteiger partial charge in [-0.1, -0.05) is 65.9 Å². The van der Waals surface area contributed by atoms with E-state index in [1.807, 2.05) is 99.0 Å². The summed E-state index contributed by atoms with van der Waals surface area (Å²) in [6.07, 6.45) is 3.62. The summed E-state index contributed by atoms with van der Waals surface area (Å²) in [7, 11) is 1.64. The number of hydrogen-bond donors (Lipinski definition) is 1. The molecular weight excluding hydrogens is 579 g/mol. The minimum atomic E-state index is -0.669. The van der Waals surface area contributed by atoms with Crippen LogP contribution in [0.4, 0.5) is 0 Å². The molecule has 0 bridgehead atoms. The Kier molecular flexibility index (Phi) is 7.85. The quantitative estimate of drug-likeness (QED) is 0.179. The number of thioether (sulfide) groups is 1. The molecule has 218 valence electrons. The standard InChI is InChI=1S/C34H31N3O4S2/c1-19(2)41-33(39)28-20(3)35-34-37(31(28)22-14-16-23(42-5)17-15-22)32(38)27(43-34)18-25-24-12-9-13-26(40-4)30(24)36-29(25)21-10-7-6-8-11-21/h6-19,31,36H,1-5H3/b27-18-/t31-/m0/s1. The Morgan fingerprint density at radius 3 is 2.49 bits per heavy atom. The van der Waals surface area contributed by atoms with Crippen LogP contribution in [-0.4, -0.2) is 35.0 Å². The van der Waals surface area contributed by atoms with E-state index >= 15 is 0 Å². The van der Waals surface area contributed by atoms with Crippen LogP contribution in [0.25, 0.3) is 28.2 Å². The van der Waals surface area contributed by atoms with Crippen molar-refractivity contribution in [2.75, 3.05) is 13.4 Å². The molecule has 0 fully saturated rings. The van der Waals surface area contributed by atoms with Crippen LogP contribution < -0.4 is 19.6 Å². The molecule has 0 saturated carbocycles. The van der Waals surface area contributed by atoms with E-state index in [0.29, 0.717) is 26.4 Å². The molecule has 0 saturated heterocycles. The molecule has 1 aliphatic rings. The van der Waals surface area contributed by atoms with Crippen molar-refractivity contribution in [2.24, 2.45) is 4.99 Å². The number of aromatic amines is 1. The first-order valence-corrected chi connectivity index (χ1v) is 16.0. The molecule has 3 aromatic carbocycles. The van der Waals surface area contributed by atoms with Crippen LogP contribution in [0.5, 0.6) is 5.75 Å². The highest BCUT2D eigenvalue weighted by molar-refractivity contribution is 7.98. The number of benzene rings is 3. The number of carbonyl (C=O) groups is 1. The first-order valence-electron chi connectivity index (χ1n) is 13.9. The van der Waals surface area contributed by atoms with Crippen molar-refractivity contribution in [3.63, 3.8) is 0 Å². The van der Waals surface area contributed by atoms with E-state index in [2.05, 4.69) is 4.98 Å². The number of thiazole rings is 1. The number of nitrogens with one attached hydrogen (secondary N) is 1. The number of carbonyl (C=O) groups excluding carboxylic acids is 1. The van der Waals surface area contributed by atoms with E-state index in [9.17, 15) is 9.59 Å². The normalized spacial score (nSPS) is 15.1. The Morgan fingerprint density at radius 1 is 1.07 bits per heavy atom. The highest BCUT2D eigenvalue weighted by atomic mass is 32.2. The zero-order valence-corrected chi connectivity index (χ0v) is 26.1. The summed E-state index contributed by atoms with van der Waals surface area (Å²) >= 11 is 2.95. The highest BCUT2D eigenvalue weighted by Gasteiger charge is 2.34. The van der Waals surface area contributed by atoms with E-state index < -0.39 is 12.0 Å². The zero-order chi connectivity index (χ0) is 30.2. The summed E-state index contributed by atoms with van der Waals surface area (Å²) in [5.41, 5.74) is 5.10. The molecule has 1 aliphatic heterocycles. The number of para-hydroxylation sites is 1. The second kappa shape index (κ2) is 11.7. The van der Waals surface area contributed by atoms with E-state index in [-0.39, 0.29) is 11.7 Å². The molecule has 1 atom stereocenters. The number of methoxy groups -OCH3 is 1. The van der Waals surface area contributed by atoms with Crippen molar-refractivity contribution < 1.29 is 14.3 Å². The van der Waals surface area contributed by atoms with Gasteiger partial charge in [0.25, 0.3) is 5.56 Å². The molecule has 6 rings (SSSR count). The van der Waals surface area contributed by atoms with Crippen LogP contribution in [0.2, 0.25) is 0 Å². The number of hydrogen-bond acceptors (Lipinski definition) is 7. The first kappa shape index (κ1) is 28.8. The fourth-order valence-corrected chi connectivity index (χ4v) is 6.89. The Balaban J connectivity index is 1.60. The SMILES string of the molecule is COc1cccc2c(/C=c3\sc4n(c3=O)[C@@H](c3ccc(SC)cc3)C(C(=O)OC(C)C)=C(C)N=4)c(-c3ccccc3)[nH]c12. The summed E-state index contributed by atoms with van der Waals surface area (Å²) in [6, 6.07) is 23.1. The lowest BCUT2D eigenvalue weighted by Crippen LogP contribution is -2.40. The second-order valence-electron chi connectivity index (χ2n) is 10.5. The van der Waals surface area contributed by atoms with Gasteiger partial charge < -0.3 is 14.5 Å². The molecular formula is C34H31N3O4S2. The number of esters is 1. The van der Waals surface area contributed by atoms with Crippen LogP contribution in [0.15, 0.2) is 98.7 Å². The van der Waals surface area contributed by atoms with E-state index in [1.54, 1.807) is 30.4 Å². The van der Waals surface area contributed by atoms with Gasteiger partial charge in [0.2, 0.25) is 0 Å². The lowest BCUT2D eigenvalue weighted by molar-refractivity contribution is -0.143. The van der Waals surface area contributed by atoms with Crippen molar-refractivity contribution in [2.45, 2.75) is 37.8 Å². The van der Waals surface area contributed by atoms with E-state index in [1.165, 1.54) is 11.3 Å². The van der Waals surface area contributed by atoms with Crippen LogP contribution >= 0.6 is 23.1 Å². The van der Waals surface area contributed by atoms with Gasteiger partial charge in [-0.05, 0) is 62.4 Å². The number of nitrogens with zero attached hydrogens (tertiary/aromatic N) is 2. The van der Waals surface area contributed by atoms with E-state index in [0.717, 1.165) is 38.2 Å². The Hall–Kier alpha value is -4.34. The van der Waals surface area contributed by atoms with Gasteiger partial charge in [0, 0.05) is 15.8 Å². The van der Waals surface area contributed by atoms with Crippen molar-refractivity contribution >= 4 is 46.0 Å². The lowest BCUT2D eigenvalue weighted by Gasteiger charge is -2.25. The summed E-state index contributed by atoms with van der Waals surface area (Å²) < 4.78 is 13.4. The second-order valence-corrected chi connectivity index (χ2v) is 12.4. The topological polar surface area (TPSA) is 85.7 Å². The van der Waals surface area contributed by atoms with Gasteiger partial charge >= 0.3 is 5.97 Å². The van der Waals surface area contributed by atoms with Crippen molar-refractivity contribution in [1.82, 2.24) is 9.55 Å². The average Bonchev–Trinajstić information content (AvgIpc) is 3.53. The lowest BCUT2D eigenvalue weighted by atomic mass is 9.96. The molecule has 43 heavy (non-hydrogen) atoms. The Bertz CT molecular complexity index is 2050. The summed E-state index contributed by atoms with van der Waals surface area (Å²) in [4.78, 5) is 37.7. The first-order chi connectivity index (χ1) is 20.8. The molecule has 0 amide bonds. The number of ether oxygens (including phenoxy) is 2. The minimum Gasteiger partial charge on any atom is -0.495 e. The molecule has 3 heterocycles. The summed E-state index contributed by atoms with van der Waals surface area (Å²) in [5, 5.41) is 0.936. The predicted molar refractivity (Wildman–Crippen MR) is 174 cm³/mol. The molecule has 0 unspecified atom stereocenters. The van der Waals surface area contributed by atoms with Gasteiger partial charge in [0.1, 0.15) is 5.75 Å². The molecule has 7 nitrogen and oxygen atoms in total. The monoisotopic (exact) mass is 609 g/mol. The van der Waals surface area contributed by atoms with Gasteiger partial charge in [0.15, 0.2) is 4.80 Å². The summed E-state index contributed by atoms with van der Waals surface area (Å²) in [5.74, 6) is 0.243. The number of allylic oxidation sites excluding steroid dienone is 1. The molecule has 0 radical (unpaired) electrons. The third kappa shape index (κ3) is 5.23. The van der Waals surface area contributed by atoms with Crippen LogP contribution in [0.1, 0.15) is 37.9 Å².